The van der Waals surface area contributed by atoms with E-state index in [9.17, 15) is 14.0 Å². The zero-order chi connectivity index (χ0) is 19.8. The Bertz CT molecular complexity index is 771. The van der Waals surface area contributed by atoms with E-state index < -0.39 is 0 Å². The van der Waals surface area contributed by atoms with Gasteiger partial charge in [0.15, 0.2) is 5.78 Å². The third kappa shape index (κ3) is 5.73. The quantitative estimate of drug-likeness (QED) is 0.699. The molecule has 0 spiro atoms. The number of carbonyl (C=O) groups is 2. The lowest BCUT2D eigenvalue weighted by atomic mass is 10.0. The number of piperidine rings is 1. The van der Waals surface area contributed by atoms with E-state index in [1.54, 1.807) is 0 Å². The number of rotatable bonds is 8. The monoisotopic (exact) mass is 382 g/mol. The Hall–Kier alpha value is -2.53. The molecular formula is C23H27FN2O2. The summed E-state index contributed by atoms with van der Waals surface area (Å²) in [5, 5.41) is 3.00. The van der Waals surface area contributed by atoms with Gasteiger partial charge in [0.1, 0.15) is 5.82 Å². The molecule has 148 valence electrons. The van der Waals surface area contributed by atoms with E-state index in [4.69, 9.17) is 0 Å². The summed E-state index contributed by atoms with van der Waals surface area (Å²) in [6, 6.07) is 15.8. The second-order valence-corrected chi connectivity index (χ2v) is 7.26. The largest absolute Gasteiger partial charge is 0.354 e. The third-order valence-electron chi connectivity index (χ3n) is 5.25. The maximum atomic E-state index is 13.0. The first-order valence-electron chi connectivity index (χ1n) is 9.98. The van der Waals surface area contributed by atoms with Gasteiger partial charge in [-0.05, 0) is 55.8 Å². The van der Waals surface area contributed by atoms with E-state index in [-0.39, 0.29) is 36.4 Å². The number of Topliss-reactive ketones (excluding diaryl/α,β-unsaturated/α-hetero) is 1. The molecule has 1 N–H and O–H groups in total. The summed E-state index contributed by atoms with van der Waals surface area (Å²) >= 11 is 0. The Kier molecular flexibility index (Phi) is 7.31. The van der Waals surface area contributed by atoms with Crippen LogP contribution in [0.2, 0.25) is 0 Å². The first-order valence-corrected chi connectivity index (χ1v) is 9.98. The van der Waals surface area contributed by atoms with E-state index in [0.717, 1.165) is 13.1 Å². The van der Waals surface area contributed by atoms with Gasteiger partial charge in [-0.2, -0.15) is 0 Å². The van der Waals surface area contributed by atoms with Crippen molar-refractivity contribution in [1.29, 1.82) is 0 Å². The lowest BCUT2D eigenvalue weighted by Crippen LogP contribution is -2.40. The predicted molar refractivity (Wildman–Crippen MR) is 108 cm³/mol. The molecule has 0 aliphatic carbocycles. The van der Waals surface area contributed by atoms with Crippen LogP contribution >= 0.6 is 0 Å². The van der Waals surface area contributed by atoms with Crippen molar-refractivity contribution in [3.63, 3.8) is 0 Å². The summed E-state index contributed by atoms with van der Waals surface area (Å²) in [5.41, 5.74) is 1.64. The molecule has 1 atom stereocenters. The summed E-state index contributed by atoms with van der Waals surface area (Å²) in [4.78, 5) is 26.9. The van der Waals surface area contributed by atoms with E-state index in [2.05, 4.69) is 22.3 Å². The summed E-state index contributed by atoms with van der Waals surface area (Å²) in [6.45, 7) is 2.62. The summed E-state index contributed by atoms with van der Waals surface area (Å²) in [5.74, 6) is -0.654. The number of amides is 1. The first kappa shape index (κ1) is 20.2. The fraction of sp³-hybridized carbons (Fsp3) is 0.391. The molecule has 0 aromatic heterocycles. The molecule has 0 radical (unpaired) electrons. The number of halogens is 1. The van der Waals surface area contributed by atoms with Crippen molar-refractivity contribution in [3.8, 4) is 0 Å². The van der Waals surface area contributed by atoms with Crippen molar-refractivity contribution in [2.75, 3.05) is 19.6 Å². The number of nitrogens with zero attached hydrogens (tertiary/aromatic N) is 1. The number of hydrogen-bond acceptors (Lipinski definition) is 3. The van der Waals surface area contributed by atoms with Gasteiger partial charge in [0.25, 0.3) is 0 Å². The van der Waals surface area contributed by atoms with Crippen molar-refractivity contribution in [2.24, 2.45) is 0 Å². The highest BCUT2D eigenvalue weighted by atomic mass is 19.1. The molecule has 3 rings (SSSR count). The van der Waals surface area contributed by atoms with Gasteiger partial charge >= 0.3 is 0 Å². The van der Waals surface area contributed by atoms with Gasteiger partial charge < -0.3 is 5.32 Å². The topological polar surface area (TPSA) is 49.4 Å². The molecule has 0 bridgehead atoms. The molecule has 5 heteroatoms. The van der Waals surface area contributed by atoms with Crippen LogP contribution in [0.1, 0.15) is 54.1 Å². The number of ketones is 1. The lowest BCUT2D eigenvalue weighted by Gasteiger charge is -2.35. The van der Waals surface area contributed by atoms with Crippen LogP contribution in [0.15, 0.2) is 54.6 Å². The number of benzene rings is 2. The van der Waals surface area contributed by atoms with Gasteiger partial charge in [-0.3, -0.25) is 14.5 Å². The Morgan fingerprint density at radius 3 is 2.29 bits per heavy atom. The van der Waals surface area contributed by atoms with Gasteiger partial charge in [0.2, 0.25) is 5.91 Å². The van der Waals surface area contributed by atoms with Crippen molar-refractivity contribution in [1.82, 2.24) is 10.2 Å². The highest BCUT2D eigenvalue weighted by molar-refractivity contribution is 5.97. The lowest BCUT2D eigenvalue weighted by molar-refractivity contribution is -0.121. The molecule has 1 amide bonds. The Morgan fingerprint density at radius 1 is 0.929 bits per heavy atom. The minimum absolute atomic E-state index is 0.122. The van der Waals surface area contributed by atoms with Crippen LogP contribution in [-0.4, -0.2) is 36.2 Å². The van der Waals surface area contributed by atoms with E-state index in [1.807, 2.05) is 18.2 Å². The van der Waals surface area contributed by atoms with E-state index in [1.165, 1.54) is 49.1 Å². The van der Waals surface area contributed by atoms with Crippen LogP contribution < -0.4 is 5.32 Å². The summed E-state index contributed by atoms with van der Waals surface area (Å²) in [7, 11) is 0. The maximum Gasteiger partial charge on any atom is 0.220 e. The molecule has 1 aliphatic heterocycles. The SMILES string of the molecule is O=C(CCC(=O)c1ccc(F)cc1)NCC(c1ccccc1)N1CCCCC1. The zero-order valence-corrected chi connectivity index (χ0v) is 16.1. The smallest absolute Gasteiger partial charge is 0.220 e. The molecule has 4 nitrogen and oxygen atoms in total. The number of carbonyl (C=O) groups excluding carboxylic acids is 2. The van der Waals surface area contributed by atoms with Crippen molar-refractivity contribution in [2.45, 2.75) is 38.1 Å². The number of hydrogen-bond donors (Lipinski definition) is 1. The molecule has 28 heavy (non-hydrogen) atoms. The minimum atomic E-state index is -0.376. The molecule has 2 aromatic rings. The van der Waals surface area contributed by atoms with Gasteiger partial charge in [-0.15, -0.1) is 0 Å². The number of nitrogens with one attached hydrogen (secondary N) is 1. The van der Waals surface area contributed by atoms with Gasteiger partial charge in [0, 0.05) is 24.9 Å². The Labute approximate surface area is 165 Å². The molecule has 1 saturated heterocycles. The molecule has 1 heterocycles. The predicted octanol–water partition coefficient (Wildman–Crippen LogP) is 4.13. The van der Waals surface area contributed by atoms with Crippen LogP contribution in [0.3, 0.4) is 0 Å². The molecule has 1 unspecified atom stereocenters. The van der Waals surface area contributed by atoms with Crippen LogP contribution in [0.5, 0.6) is 0 Å². The van der Waals surface area contributed by atoms with Crippen LogP contribution in [-0.2, 0) is 4.79 Å². The molecule has 0 saturated carbocycles. The van der Waals surface area contributed by atoms with Crippen molar-refractivity contribution < 1.29 is 14.0 Å². The minimum Gasteiger partial charge on any atom is -0.354 e. The van der Waals surface area contributed by atoms with Crippen LogP contribution in [0, 0.1) is 5.82 Å². The fourth-order valence-corrected chi connectivity index (χ4v) is 3.67. The Morgan fingerprint density at radius 2 is 1.61 bits per heavy atom. The van der Waals surface area contributed by atoms with Crippen LogP contribution in [0.4, 0.5) is 4.39 Å². The standard InChI is InChI=1S/C23H27FN2O2/c24-20-11-9-19(10-12-20)22(27)13-14-23(28)25-17-21(18-7-3-1-4-8-18)26-15-5-2-6-16-26/h1,3-4,7-12,21H,2,5-6,13-17H2,(H,25,28). The average Bonchev–Trinajstić information content (AvgIpc) is 2.74. The molecule has 1 aliphatic rings. The van der Waals surface area contributed by atoms with E-state index >= 15 is 0 Å². The Balaban J connectivity index is 1.53. The molecular weight excluding hydrogens is 355 g/mol. The highest BCUT2D eigenvalue weighted by Crippen LogP contribution is 2.24. The molecule has 1 fully saturated rings. The third-order valence-corrected chi connectivity index (χ3v) is 5.25. The zero-order valence-electron chi connectivity index (χ0n) is 16.1. The molecule has 2 aromatic carbocycles. The average molecular weight is 382 g/mol. The summed E-state index contributed by atoms with van der Waals surface area (Å²) < 4.78 is 13.0. The van der Waals surface area contributed by atoms with Crippen molar-refractivity contribution >= 4 is 11.7 Å². The van der Waals surface area contributed by atoms with Gasteiger partial charge in [0.05, 0.1) is 6.04 Å². The first-order chi connectivity index (χ1) is 13.6. The fourth-order valence-electron chi connectivity index (χ4n) is 3.67. The second kappa shape index (κ2) is 10.1. The maximum absolute atomic E-state index is 13.0. The number of likely N-dealkylation sites (tertiary alicyclic amines) is 1. The van der Waals surface area contributed by atoms with E-state index in [0.29, 0.717) is 12.1 Å². The second-order valence-electron chi connectivity index (χ2n) is 7.26. The van der Waals surface area contributed by atoms with Gasteiger partial charge in [-0.1, -0.05) is 36.8 Å². The highest BCUT2D eigenvalue weighted by Gasteiger charge is 2.22. The normalized spacial score (nSPS) is 15.8. The van der Waals surface area contributed by atoms with Crippen LogP contribution in [0.25, 0.3) is 0 Å². The van der Waals surface area contributed by atoms with Gasteiger partial charge in [-0.25, -0.2) is 4.39 Å². The summed E-state index contributed by atoms with van der Waals surface area (Å²) in [6.07, 6.45) is 3.89. The van der Waals surface area contributed by atoms with Crippen molar-refractivity contribution in [3.05, 3.63) is 71.5 Å².